The Morgan fingerprint density at radius 1 is 1.21 bits per heavy atom. The van der Waals surface area contributed by atoms with Gasteiger partial charge in [0.15, 0.2) is 0 Å². The average molecular weight is 340 g/mol. The molecule has 3 N–H and O–H groups in total. The summed E-state index contributed by atoms with van der Waals surface area (Å²) in [5, 5.41) is 20.2. The second-order valence-electron chi connectivity index (χ2n) is 5.02. The van der Waals surface area contributed by atoms with Crippen molar-refractivity contribution >= 4 is 5.91 Å². The highest BCUT2D eigenvalue weighted by Crippen LogP contribution is 2.35. The fourth-order valence-corrected chi connectivity index (χ4v) is 2.02. The Hall–Kier alpha value is -2.45. The van der Waals surface area contributed by atoms with Gasteiger partial charge in [-0.15, -0.1) is 0 Å². The second-order valence-corrected chi connectivity index (χ2v) is 5.02. The Labute approximate surface area is 135 Å². The van der Waals surface area contributed by atoms with Gasteiger partial charge in [0.2, 0.25) is 0 Å². The summed E-state index contributed by atoms with van der Waals surface area (Å²) in [5.41, 5.74) is -0.621. The van der Waals surface area contributed by atoms with E-state index < -0.39 is 30.4 Å². The molecule has 0 aliphatic carbocycles. The van der Waals surface area contributed by atoms with Crippen molar-refractivity contribution in [2.45, 2.75) is 12.3 Å². The van der Waals surface area contributed by atoms with Crippen molar-refractivity contribution in [3.63, 3.8) is 0 Å². The number of rotatable bonds is 5. The van der Waals surface area contributed by atoms with E-state index in [1.807, 2.05) is 0 Å². The maximum Gasteiger partial charge on any atom is 0.418 e. The molecule has 0 bridgehead atoms. The summed E-state index contributed by atoms with van der Waals surface area (Å²) < 4.78 is 39.0. The van der Waals surface area contributed by atoms with Crippen LogP contribution in [-0.4, -0.2) is 40.4 Å². The molecule has 0 saturated heterocycles. The summed E-state index contributed by atoms with van der Waals surface area (Å²) in [6, 6.07) is 7.62. The van der Waals surface area contributed by atoms with Crippen LogP contribution in [0.2, 0.25) is 0 Å². The molecular formula is C16H15F3N2O3. The first-order valence-corrected chi connectivity index (χ1v) is 7.02. The first-order valence-electron chi connectivity index (χ1n) is 7.02. The fraction of sp³-hybridized carbons (Fsp3) is 0.250. The predicted molar refractivity (Wildman–Crippen MR) is 80.1 cm³/mol. The number of nitrogens with one attached hydrogen (secondary N) is 1. The zero-order chi connectivity index (χ0) is 17.7. The zero-order valence-electron chi connectivity index (χ0n) is 12.4. The van der Waals surface area contributed by atoms with Crippen molar-refractivity contribution in [1.82, 2.24) is 10.3 Å². The van der Waals surface area contributed by atoms with Crippen LogP contribution < -0.4 is 5.32 Å². The molecule has 24 heavy (non-hydrogen) atoms. The molecule has 8 heteroatoms. The number of aliphatic hydroxyl groups is 2. The molecule has 0 aliphatic rings. The van der Waals surface area contributed by atoms with Crippen molar-refractivity contribution in [1.29, 1.82) is 0 Å². The number of hydrogen-bond donors (Lipinski definition) is 3. The third-order valence-electron chi connectivity index (χ3n) is 3.24. The molecule has 2 aromatic rings. The Balaban J connectivity index is 2.20. The highest BCUT2D eigenvalue weighted by Gasteiger charge is 2.34. The maximum absolute atomic E-state index is 13.0. The van der Waals surface area contributed by atoms with Gasteiger partial charge in [0.1, 0.15) is 0 Å². The van der Waals surface area contributed by atoms with Crippen LogP contribution >= 0.6 is 0 Å². The SMILES string of the molecule is O=C(NC[C@@H](O)CO)c1ccc(-c2ncccc2C(F)(F)F)cc1. The van der Waals surface area contributed by atoms with Crippen LogP contribution in [0.15, 0.2) is 42.6 Å². The standard InChI is InChI=1S/C16H15F3N2O3/c17-16(18,19)13-2-1-7-20-14(13)10-3-5-11(6-4-10)15(24)21-8-12(23)9-22/h1-7,12,22-23H,8-9H2,(H,21,24)/t12-/m1/s1. The van der Waals surface area contributed by atoms with Gasteiger partial charge < -0.3 is 15.5 Å². The van der Waals surface area contributed by atoms with E-state index in [0.29, 0.717) is 0 Å². The van der Waals surface area contributed by atoms with E-state index >= 15 is 0 Å². The summed E-state index contributed by atoms with van der Waals surface area (Å²) in [4.78, 5) is 15.6. The highest BCUT2D eigenvalue weighted by molar-refractivity contribution is 5.94. The van der Waals surface area contributed by atoms with Gasteiger partial charge in [-0.1, -0.05) is 12.1 Å². The van der Waals surface area contributed by atoms with Crippen molar-refractivity contribution in [2.24, 2.45) is 0 Å². The second kappa shape index (κ2) is 7.41. The van der Waals surface area contributed by atoms with E-state index in [1.165, 1.54) is 36.5 Å². The van der Waals surface area contributed by atoms with E-state index in [4.69, 9.17) is 5.11 Å². The number of nitrogens with zero attached hydrogens (tertiary/aromatic N) is 1. The molecule has 0 saturated carbocycles. The number of hydrogen-bond acceptors (Lipinski definition) is 4. The van der Waals surface area contributed by atoms with Gasteiger partial charge in [0.25, 0.3) is 5.91 Å². The van der Waals surface area contributed by atoms with Crippen LogP contribution in [0.25, 0.3) is 11.3 Å². The molecule has 1 aromatic carbocycles. The lowest BCUT2D eigenvalue weighted by atomic mass is 10.0. The molecule has 0 unspecified atom stereocenters. The number of aliphatic hydroxyl groups excluding tert-OH is 2. The van der Waals surface area contributed by atoms with Crippen molar-refractivity contribution in [2.75, 3.05) is 13.2 Å². The monoisotopic (exact) mass is 340 g/mol. The summed E-state index contributed by atoms with van der Waals surface area (Å²) in [6.45, 7) is -0.616. The molecule has 2 rings (SSSR count). The van der Waals surface area contributed by atoms with E-state index in [2.05, 4.69) is 10.3 Å². The van der Waals surface area contributed by atoms with Crippen LogP contribution in [0.1, 0.15) is 15.9 Å². The molecule has 1 heterocycles. The van der Waals surface area contributed by atoms with E-state index in [-0.39, 0.29) is 23.4 Å². The van der Waals surface area contributed by atoms with Gasteiger partial charge in [-0.2, -0.15) is 13.2 Å². The minimum Gasteiger partial charge on any atom is -0.394 e. The first-order chi connectivity index (χ1) is 11.3. The average Bonchev–Trinajstić information content (AvgIpc) is 2.58. The first kappa shape index (κ1) is 17.9. The van der Waals surface area contributed by atoms with Gasteiger partial charge in [0, 0.05) is 23.9 Å². The molecule has 1 atom stereocenters. The van der Waals surface area contributed by atoms with Gasteiger partial charge in [0.05, 0.1) is 24.0 Å². The molecule has 0 spiro atoms. The van der Waals surface area contributed by atoms with Gasteiger partial charge in [-0.25, -0.2) is 0 Å². The minimum absolute atomic E-state index is 0.129. The lowest BCUT2D eigenvalue weighted by molar-refractivity contribution is -0.137. The smallest absolute Gasteiger partial charge is 0.394 e. The minimum atomic E-state index is -4.53. The van der Waals surface area contributed by atoms with Crippen LogP contribution in [0.5, 0.6) is 0 Å². The molecule has 0 aliphatic heterocycles. The Bertz CT molecular complexity index is 702. The molecular weight excluding hydrogens is 325 g/mol. The predicted octanol–water partition coefficient (Wildman–Crippen LogP) is 1.85. The fourth-order valence-electron chi connectivity index (χ4n) is 2.02. The number of pyridine rings is 1. The molecule has 5 nitrogen and oxygen atoms in total. The number of aromatic nitrogens is 1. The lowest BCUT2D eigenvalue weighted by Gasteiger charge is -2.12. The maximum atomic E-state index is 13.0. The quantitative estimate of drug-likeness (QED) is 0.776. The van der Waals surface area contributed by atoms with E-state index in [9.17, 15) is 23.1 Å². The van der Waals surface area contributed by atoms with Crippen LogP contribution in [0, 0.1) is 0 Å². The van der Waals surface area contributed by atoms with Crippen molar-refractivity contribution < 1.29 is 28.2 Å². The number of halogens is 3. The largest absolute Gasteiger partial charge is 0.418 e. The van der Waals surface area contributed by atoms with Gasteiger partial charge >= 0.3 is 6.18 Å². The van der Waals surface area contributed by atoms with Gasteiger partial charge in [-0.05, 0) is 24.3 Å². The molecule has 128 valence electrons. The number of carbonyl (C=O) groups is 1. The Morgan fingerprint density at radius 2 is 1.88 bits per heavy atom. The van der Waals surface area contributed by atoms with Crippen molar-refractivity contribution in [3.8, 4) is 11.3 Å². The zero-order valence-corrected chi connectivity index (χ0v) is 12.4. The normalized spacial score (nSPS) is 12.7. The lowest BCUT2D eigenvalue weighted by Crippen LogP contribution is -2.33. The third kappa shape index (κ3) is 4.30. The van der Waals surface area contributed by atoms with Crippen LogP contribution in [0.3, 0.4) is 0 Å². The Kier molecular flexibility index (Phi) is 5.53. The Morgan fingerprint density at radius 3 is 2.46 bits per heavy atom. The number of alkyl halides is 3. The topological polar surface area (TPSA) is 82.5 Å². The summed E-state index contributed by atoms with van der Waals surface area (Å²) in [5.74, 6) is -0.508. The molecule has 0 fully saturated rings. The summed E-state index contributed by atoms with van der Waals surface area (Å²) >= 11 is 0. The summed E-state index contributed by atoms with van der Waals surface area (Å²) in [6.07, 6.45) is -4.34. The van der Waals surface area contributed by atoms with Gasteiger partial charge in [-0.3, -0.25) is 9.78 Å². The summed E-state index contributed by atoms with van der Waals surface area (Å²) in [7, 11) is 0. The molecule has 1 aromatic heterocycles. The number of carbonyl (C=O) groups excluding carboxylic acids is 1. The van der Waals surface area contributed by atoms with Crippen LogP contribution in [0.4, 0.5) is 13.2 Å². The third-order valence-corrected chi connectivity index (χ3v) is 3.24. The van der Waals surface area contributed by atoms with Crippen molar-refractivity contribution in [3.05, 3.63) is 53.7 Å². The number of benzene rings is 1. The number of amides is 1. The molecule has 1 amide bonds. The van der Waals surface area contributed by atoms with E-state index in [1.54, 1.807) is 0 Å². The van der Waals surface area contributed by atoms with Crippen LogP contribution in [-0.2, 0) is 6.18 Å². The van der Waals surface area contributed by atoms with E-state index in [0.717, 1.165) is 6.07 Å². The highest BCUT2D eigenvalue weighted by atomic mass is 19.4. The molecule has 0 radical (unpaired) electrons.